The van der Waals surface area contributed by atoms with Crippen LogP contribution in [0.1, 0.15) is 79.1 Å². The van der Waals surface area contributed by atoms with Crippen LogP contribution < -0.4 is 5.32 Å². The van der Waals surface area contributed by atoms with Crippen molar-refractivity contribution in [3.63, 3.8) is 0 Å². The third kappa shape index (κ3) is 3.64. The van der Waals surface area contributed by atoms with Crippen molar-refractivity contribution in [2.24, 2.45) is 10.8 Å². The average Bonchev–Trinajstić information content (AvgIpc) is 2.66. The van der Waals surface area contributed by atoms with Crippen molar-refractivity contribution in [3.8, 4) is 0 Å². The summed E-state index contributed by atoms with van der Waals surface area (Å²) in [5.41, 5.74) is 1.48. The highest BCUT2D eigenvalue weighted by Gasteiger charge is 2.43. The fraction of sp³-hybridized carbons (Fsp3) is 1.00. The standard InChI is InChI=1S/C19H36N2/c1-17(2)12-16(13-18(3,4)14-17)21-11-7-10-20-19(15-21)8-5-6-9-19/h16,20H,5-15H2,1-4H3. The van der Waals surface area contributed by atoms with Crippen LogP contribution in [0.2, 0.25) is 0 Å². The molecule has 3 aliphatic rings. The number of hydrogen-bond donors (Lipinski definition) is 1. The molecule has 122 valence electrons. The molecular formula is C19H36N2. The molecule has 0 aromatic carbocycles. The van der Waals surface area contributed by atoms with Gasteiger partial charge >= 0.3 is 0 Å². The van der Waals surface area contributed by atoms with Crippen LogP contribution in [0.3, 0.4) is 0 Å². The Morgan fingerprint density at radius 3 is 2.14 bits per heavy atom. The van der Waals surface area contributed by atoms with Crippen molar-refractivity contribution >= 4 is 0 Å². The van der Waals surface area contributed by atoms with Crippen LogP contribution in [0.4, 0.5) is 0 Å². The molecule has 1 N–H and O–H groups in total. The molecule has 21 heavy (non-hydrogen) atoms. The molecule has 2 aliphatic carbocycles. The van der Waals surface area contributed by atoms with Crippen molar-refractivity contribution in [2.45, 2.75) is 90.6 Å². The summed E-state index contributed by atoms with van der Waals surface area (Å²) in [5, 5.41) is 3.93. The molecule has 1 aliphatic heterocycles. The molecule has 3 fully saturated rings. The minimum atomic E-state index is 0.461. The maximum Gasteiger partial charge on any atom is 0.0308 e. The van der Waals surface area contributed by atoms with E-state index in [0.717, 1.165) is 6.04 Å². The summed E-state index contributed by atoms with van der Waals surface area (Å²) in [7, 11) is 0. The molecule has 0 aromatic rings. The number of nitrogens with one attached hydrogen (secondary N) is 1. The van der Waals surface area contributed by atoms with Crippen LogP contribution in [-0.4, -0.2) is 36.1 Å². The van der Waals surface area contributed by atoms with Crippen LogP contribution in [-0.2, 0) is 0 Å². The highest BCUT2D eigenvalue weighted by molar-refractivity contribution is 5.00. The topological polar surface area (TPSA) is 15.3 Å². The molecule has 1 saturated heterocycles. The lowest BCUT2D eigenvalue weighted by molar-refractivity contribution is 0.0170. The van der Waals surface area contributed by atoms with Gasteiger partial charge in [0.25, 0.3) is 0 Å². The van der Waals surface area contributed by atoms with Crippen LogP contribution in [0.5, 0.6) is 0 Å². The van der Waals surface area contributed by atoms with Gasteiger partial charge in [0.2, 0.25) is 0 Å². The van der Waals surface area contributed by atoms with E-state index in [1.165, 1.54) is 71.0 Å². The van der Waals surface area contributed by atoms with Gasteiger partial charge in [0, 0.05) is 18.1 Å². The van der Waals surface area contributed by atoms with E-state index in [2.05, 4.69) is 37.9 Å². The molecule has 1 spiro atoms. The highest BCUT2D eigenvalue weighted by atomic mass is 15.2. The Balaban J connectivity index is 1.75. The lowest BCUT2D eigenvalue weighted by atomic mass is 9.63. The van der Waals surface area contributed by atoms with E-state index in [1.807, 2.05) is 0 Å². The zero-order valence-electron chi connectivity index (χ0n) is 14.8. The summed E-state index contributed by atoms with van der Waals surface area (Å²) in [4.78, 5) is 2.88. The maximum absolute atomic E-state index is 3.93. The van der Waals surface area contributed by atoms with Gasteiger partial charge in [-0.1, -0.05) is 40.5 Å². The largest absolute Gasteiger partial charge is 0.310 e. The third-order valence-electron chi connectivity index (χ3n) is 6.24. The van der Waals surface area contributed by atoms with Crippen molar-refractivity contribution < 1.29 is 0 Å². The van der Waals surface area contributed by atoms with Gasteiger partial charge < -0.3 is 5.32 Å². The van der Waals surface area contributed by atoms with E-state index in [9.17, 15) is 0 Å². The predicted molar refractivity (Wildman–Crippen MR) is 90.6 cm³/mol. The summed E-state index contributed by atoms with van der Waals surface area (Å²) in [6.45, 7) is 13.8. The SMILES string of the molecule is CC1(C)CC(N2CCCNC3(CCCC3)C2)CC(C)(C)C1. The fourth-order valence-corrected chi connectivity index (χ4v) is 5.90. The molecular weight excluding hydrogens is 256 g/mol. The maximum atomic E-state index is 3.93. The smallest absolute Gasteiger partial charge is 0.0308 e. The summed E-state index contributed by atoms with van der Waals surface area (Å²) in [6, 6.07) is 0.807. The fourth-order valence-electron chi connectivity index (χ4n) is 5.90. The molecule has 0 amide bonds. The first-order valence-corrected chi connectivity index (χ1v) is 9.29. The molecule has 2 heteroatoms. The van der Waals surface area contributed by atoms with Gasteiger partial charge in [0.15, 0.2) is 0 Å². The van der Waals surface area contributed by atoms with Gasteiger partial charge in [-0.3, -0.25) is 4.90 Å². The van der Waals surface area contributed by atoms with Gasteiger partial charge in [-0.15, -0.1) is 0 Å². The Morgan fingerprint density at radius 2 is 1.52 bits per heavy atom. The molecule has 3 rings (SSSR count). The van der Waals surface area contributed by atoms with Gasteiger partial charge in [-0.25, -0.2) is 0 Å². The predicted octanol–water partition coefficient (Wildman–Crippen LogP) is 4.20. The van der Waals surface area contributed by atoms with Gasteiger partial charge in [-0.05, 0) is 62.4 Å². The zero-order chi connectivity index (χ0) is 15.1. The molecule has 2 nitrogen and oxygen atoms in total. The molecule has 0 aromatic heterocycles. The molecule has 2 saturated carbocycles. The second-order valence-corrected chi connectivity index (χ2v) is 9.81. The normalized spacial score (nSPS) is 33.1. The van der Waals surface area contributed by atoms with Crippen molar-refractivity contribution in [1.29, 1.82) is 0 Å². The van der Waals surface area contributed by atoms with E-state index in [1.54, 1.807) is 0 Å². The molecule has 0 radical (unpaired) electrons. The number of hydrogen-bond acceptors (Lipinski definition) is 2. The lowest BCUT2D eigenvalue weighted by Gasteiger charge is -2.49. The molecule has 0 unspecified atom stereocenters. The van der Waals surface area contributed by atoms with Gasteiger partial charge in [0.05, 0.1) is 0 Å². The second-order valence-electron chi connectivity index (χ2n) is 9.81. The highest BCUT2D eigenvalue weighted by Crippen LogP contribution is 2.47. The lowest BCUT2D eigenvalue weighted by Crippen LogP contribution is -2.54. The van der Waals surface area contributed by atoms with Gasteiger partial charge in [0.1, 0.15) is 0 Å². The average molecular weight is 293 g/mol. The van der Waals surface area contributed by atoms with Gasteiger partial charge in [-0.2, -0.15) is 0 Å². The Hall–Kier alpha value is -0.0800. The quantitative estimate of drug-likeness (QED) is 0.779. The van der Waals surface area contributed by atoms with Crippen molar-refractivity contribution in [1.82, 2.24) is 10.2 Å². The Morgan fingerprint density at radius 1 is 0.905 bits per heavy atom. The van der Waals surface area contributed by atoms with Crippen LogP contribution in [0.25, 0.3) is 0 Å². The Labute approximate surface area is 132 Å². The Bertz CT molecular complexity index is 350. The molecule has 0 bridgehead atoms. The van der Waals surface area contributed by atoms with Crippen LogP contribution in [0, 0.1) is 10.8 Å². The minimum absolute atomic E-state index is 0.461. The van der Waals surface area contributed by atoms with E-state index >= 15 is 0 Å². The zero-order valence-corrected chi connectivity index (χ0v) is 14.8. The third-order valence-corrected chi connectivity index (χ3v) is 6.24. The van der Waals surface area contributed by atoms with E-state index in [4.69, 9.17) is 0 Å². The molecule has 1 heterocycles. The first-order valence-electron chi connectivity index (χ1n) is 9.29. The van der Waals surface area contributed by atoms with Crippen molar-refractivity contribution in [3.05, 3.63) is 0 Å². The number of nitrogens with zero attached hydrogens (tertiary/aromatic N) is 1. The van der Waals surface area contributed by atoms with Crippen molar-refractivity contribution in [2.75, 3.05) is 19.6 Å². The first kappa shape index (κ1) is 15.8. The summed E-state index contributed by atoms with van der Waals surface area (Å²) < 4.78 is 0. The Kier molecular flexibility index (Phi) is 4.16. The summed E-state index contributed by atoms with van der Waals surface area (Å²) in [5.74, 6) is 0. The van der Waals surface area contributed by atoms with E-state index in [-0.39, 0.29) is 0 Å². The monoisotopic (exact) mass is 292 g/mol. The summed E-state index contributed by atoms with van der Waals surface area (Å²) in [6.07, 6.45) is 11.2. The molecule has 0 atom stereocenters. The second kappa shape index (κ2) is 5.53. The first-order chi connectivity index (χ1) is 9.79. The summed E-state index contributed by atoms with van der Waals surface area (Å²) >= 11 is 0. The number of rotatable bonds is 1. The minimum Gasteiger partial charge on any atom is -0.310 e. The van der Waals surface area contributed by atoms with E-state index < -0.39 is 0 Å². The van der Waals surface area contributed by atoms with E-state index in [0.29, 0.717) is 16.4 Å². The van der Waals surface area contributed by atoms with Crippen LogP contribution >= 0.6 is 0 Å². The van der Waals surface area contributed by atoms with Crippen LogP contribution in [0.15, 0.2) is 0 Å².